The minimum atomic E-state index is -0.0573. The molecule has 2 aromatic heterocycles. The van der Waals surface area contributed by atoms with E-state index in [1.165, 1.54) is 0 Å². The van der Waals surface area contributed by atoms with Crippen LogP contribution in [0.4, 0.5) is 5.82 Å². The number of hydrogen-bond acceptors (Lipinski definition) is 7. The molecule has 0 spiro atoms. The average Bonchev–Trinajstić information content (AvgIpc) is 2.85. The predicted octanol–water partition coefficient (Wildman–Crippen LogP) is 3.30. The van der Waals surface area contributed by atoms with Crippen LogP contribution in [0.15, 0.2) is 54.7 Å². The lowest BCUT2D eigenvalue weighted by atomic mass is 10.1. The van der Waals surface area contributed by atoms with Gasteiger partial charge in [0.1, 0.15) is 11.3 Å². The van der Waals surface area contributed by atoms with Crippen LogP contribution in [-0.2, 0) is 0 Å². The van der Waals surface area contributed by atoms with E-state index >= 15 is 0 Å². The van der Waals surface area contributed by atoms with E-state index in [0.29, 0.717) is 50.8 Å². The first-order valence-corrected chi connectivity index (χ1v) is 10.9. The van der Waals surface area contributed by atoms with E-state index in [1.54, 1.807) is 18.3 Å². The highest BCUT2D eigenvalue weighted by Gasteiger charge is 2.25. The maximum atomic E-state index is 13.0. The molecule has 0 saturated carbocycles. The Morgan fingerprint density at radius 1 is 0.906 bits per heavy atom. The first kappa shape index (κ1) is 21.5. The van der Waals surface area contributed by atoms with Gasteiger partial charge < -0.3 is 19.3 Å². The second-order valence-corrected chi connectivity index (χ2v) is 7.30. The smallest absolute Gasteiger partial charge is 0.259 e. The van der Waals surface area contributed by atoms with Crippen LogP contribution in [0.3, 0.4) is 0 Å². The molecule has 0 unspecified atom stereocenters. The molecule has 1 fully saturated rings. The summed E-state index contributed by atoms with van der Waals surface area (Å²) in [5, 5.41) is 8.81. The molecular weight excluding hydrogens is 406 g/mol. The average molecular weight is 434 g/mol. The van der Waals surface area contributed by atoms with E-state index in [4.69, 9.17) is 9.47 Å². The van der Waals surface area contributed by atoms with Crippen molar-refractivity contribution in [1.82, 2.24) is 20.1 Å². The van der Waals surface area contributed by atoms with Crippen molar-refractivity contribution in [2.24, 2.45) is 0 Å². The van der Waals surface area contributed by atoms with Crippen molar-refractivity contribution in [2.45, 2.75) is 13.8 Å². The molecule has 1 aliphatic rings. The Labute approximate surface area is 187 Å². The fourth-order valence-electron chi connectivity index (χ4n) is 3.65. The second-order valence-electron chi connectivity index (χ2n) is 7.30. The third-order valence-electron chi connectivity index (χ3n) is 5.29. The van der Waals surface area contributed by atoms with Crippen LogP contribution in [0.1, 0.15) is 24.2 Å². The molecule has 0 radical (unpaired) electrons. The Morgan fingerprint density at radius 2 is 1.66 bits per heavy atom. The second kappa shape index (κ2) is 10.1. The highest BCUT2D eigenvalue weighted by atomic mass is 16.5. The Kier molecular flexibility index (Phi) is 6.79. The van der Waals surface area contributed by atoms with Gasteiger partial charge in [0.2, 0.25) is 5.88 Å². The van der Waals surface area contributed by atoms with Crippen LogP contribution in [-0.4, -0.2) is 65.4 Å². The first-order chi connectivity index (χ1) is 15.7. The summed E-state index contributed by atoms with van der Waals surface area (Å²) in [5.74, 6) is 1.98. The molecule has 8 heteroatoms. The number of anilines is 1. The van der Waals surface area contributed by atoms with Gasteiger partial charge in [-0.05, 0) is 62.4 Å². The summed E-state index contributed by atoms with van der Waals surface area (Å²) < 4.78 is 11.0. The SMILES string of the molecule is CCOc1ccc(-c2ccc(N3CCN(C(=O)c4cccnc4OCC)CC3)nn2)cc1. The van der Waals surface area contributed by atoms with Crippen molar-refractivity contribution in [3.8, 4) is 22.9 Å². The maximum absolute atomic E-state index is 13.0. The number of benzene rings is 1. The Morgan fingerprint density at radius 3 is 2.31 bits per heavy atom. The van der Waals surface area contributed by atoms with Gasteiger partial charge in [-0.3, -0.25) is 4.79 Å². The minimum Gasteiger partial charge on any atom is -0.494 e. The molecule has 1 amide bonds. The zero-order valence-electron chi connectivity index (χ0n) is 18.4. The zero-order valence-corrected chi connectivity index (χ0v) is 18.4. The van der Waals surface area contributed by atoms with Crippen molar-refractivity contribution in [1.29, 1.82) is 0 Å². The quantitative estimate of drug-likeness (QED) is 0.565. The summed E-state index contributed by atoms with van der Waals surface area (Å²) in [6, 6.07) is 15.3. The van der Waals surface area contributed by atoms with Crippen LogP contribution in [0, 0.1) is 0 Å². The van der Waals surface area contributed by atoms with Gasteiger partial charge in [0.25, 0.3) is 5.91 Å². The van der Waals surface area contributed by atoms with E-state index < -0.39 is 0 Å². The van der Waals surface area contributed by atoms with Crippen molar-refractivity contribution in [3.63, 3.8) is 0 Å². The standard InChI is InChI=1S/C24H27N5O3/c1-3-31-19-9-7-18(8-10-19)21-11-12-22(27-26-21)28-14-16-29(17-15-28)24(30)20-6-5-13-25-23(20)32-4-2/h5-13H,3-4,14-17H2,1-2H3. The molecular formula is C24H27N5O3. The zero-order chi connectivity index (χ0) is 22.3. The van der Waals surface area contributed by atoms with Gasteiger partial charge in [-0.25, -0.2) is 4.98 Å². The molecule has 0 aliphatic carbocycles. The van der Waals surface area contributed by atoms with Gasteiger partial charge in [-0.15, -0.1) is 10.2 Å². The Hall–Kier alpha value is -3.68. The van der Waals surface area contributed by atoms with Crippen LogP contribution in [0.25, 0.3) is 11.3 Å². The molecule has 1 aromatic carbocycles. The molecule has 0 atom stereocenters. The molecule has 0 bridgehead atoms. The number of carbonyl (C=O) groups is 1. The number of aromatic nitrogens is 3. The van der Waals surface area contributed by atoms with Crippen LogP contribution in [0.2, 0.25) is 0 Å². The van der Waals surface area contributed by atoms with E-state index in [9.17, 15) is 4.79 Å². The van der Waals surface area contributed by atoms with E-state index in [0.717, 1.165) is 22.8 Å². The third kappa shape index (κ3) is 4.80. The fraction of sp³-hybridized carbons (Fsp3) is 0.333. The highest BCUT2D eigenvalue weighted by molar-refractivity contribution is 5.96. The molecule has 8 nitrogen and oxygen atoms in total. The largest absolute Gasteiger partial charge is 0.494 e. The molecule has 166 valence electrons. The number of hydrogen-bond donors (Lipinski definition) is 0. The van der Waals surface area contributed by atoms with Crippen molar-refractivity contribution >= 4 is 11.7 Å². The lowest BCUT2D eigenvalue weighted by Gasteiger charge is -2.35. The van der Waals surface area contributed by atoms with Crippen molar-refractivity contribution in [3.05, 3.63) is 60.3 Å². The van der Waals surface area contributed by atoms with Gasteiger partial charge in [0.05, 0.1) is 18.9 Å². The lowest BCUT2D eigenvalue weighted by molar-refractivity contribution is 0.0741. The van der Waals surface area contributed by atoms with Crippen molar-refractivity contribution in [2.75, 3.05) is 44.3 Å². The third-order valence-corrected chi connectivity index (χ3v) is 5.29. The molecule has 1 aliphatic heterocycles. The van der Waals surface area contributed by atoms with Gasteiger partial charge in [-0.1, -0.05) is 0 Å². The van der Waals surface area contributed by atoms with E-state index in [-0.39, 0.29) is 5.91 Å². The van der Waals surface area contributed by atoms with E-state index in [2.05, 4.69) is 20.1 Å². The Bertz CT molecular complexity index is 1030. The first-order valence-electron chi connectivity index (χ1n) is 10.9. The number of amides is 1. The summed E-state index contributed by atoms with van der Waals surface area (Å²) in [4.78, 5) is 21.1. The molecule has 3 heterocycles. The van der Waals surface area contributed by atoms with E-state index in [1.807, 2.05) is 55.1 Å². The molecule has 32 heavy (non-hydrogen) atoms. The molecule has 3 aromatic rings. The molecule has 1 saturated heterocycles. The monoisotopic (exact) mass is 433 g/mol. The van der Waals surface area contributed by atoms with Gasteiger partial charge >= 0.3 is 0 Å². The summed E-state index contributed by atoms with van der Waals surface area (Å²) in [5.41, 5.74) is 2.30. The van der Waals surface area contributed by atoms with Crippen LogP contribution >= 0.6 is 0 Å². The maximum Gasteiger partial charge on any atom is 0.259 e. The number of pyridine rings is 1. The number of piperazine rings is 1. The van der Waals surface area contributed by atoms with Gasteiger partial charge in [0, 0.05) is 37.9 Å². The number of ether oxygens (including phenoxy) is 2. The number of carbonyl (C=O) groups excluding carboxylic acids is 1. The highest BCUT2D eigenvalue weighted by Crippen LogP contribution is 2.23. The molecule has 0 N–H and O–H groups in total. The number of rotatable bonds is 7. The van der Waals surface area contributed by atoms with Gasteiger partial charge in [0.15, 0.2) is 5.82 Å². The lowest BCUT2D eigenvalue weighted by Crippen LogP contribution is -2.49. The van der Waals surface area contributed by atoms with Crippen molar-refractivity contribution < 1.29 is 14.3 Å². The molecule has 4 rings (SSSR count). The minimum absolute atomic E-state index is 0.0573. The Balaban J connectivity index is 1.37. The van der Waals surface area contributed by atoms with Gasteiger partial charge in [-0.2, -0.15) is 0 Å². The summed E-state index contributed by atoms with van der Waals surface area (Å²) in [7, 11) is 0. The fourth-order valence-corrected chi connectivity index (χ4v) is 3.65. The summed E-state index contributed by atoms with van der Waals surface area (Å²) in [6.07, 6.45) is 1.63. The van der Waals surface area contributed by atoms with Crippen LogP contribution < -0.4 is 14.4 Å². The van der Waals surface area contributed by atoms with Crippen LogP contribution in [0.5, 0.6) is 11.6 Å². The topological polar surface area (TPSA) is 80.7 Å². The number of nitrogens with zero attached hydrogens (tertiary/aromatic N) is 5. The normalized spacial score (nSPS) is 13.7. The summed E-state index contributed by atoms with van der Waals surface area (Å²) in [6.45, 7) is 7.52. The predicted molar refractivity (Wildman–Crippen MR) is 122 cm³/mol. The summed E-state index contributed by atoms with van der Waals surface area (Å²) >= 11 is 0.